The second kappa shape index (κ2) is 8.85. The summed E-state index contributed by atoms with van der Waals surface area (Å²) in [5.41, 5.74) is 3.90. The summed E-state index contributed by atoms with van der Waals surface area (Å²) < 4.78 is 0. The van der Waals surface area contributed by atoms with E-state index in [1.165, 1.54) is 24.8 Å². The fourth-order valence-electron chi connectivity index (χ4n) is 7.50. The van der Waals surface area contributed by atoms with Crippen molar-refractivity contribution < 1.29 is 14.7 Å². The molecule has 0 saturated heterocycles. The van der Waals surface area contributed by atoms with Crippen molar-refractivity contribution in [2.45, 2.75) is 51.5 Å². The molecule has 5 heteroatoms. The number of hydrogen-bond donors (Lipinski definition) is 2. The predicted molar refractivity (Wildman–Crippen MR) is 135 cm³/mol. The average molecular weight is 471 g/mol. The van der Waals surface area contributed by atoms with Crippen molar-refractivity contribution >= 4 is 17.4 Å². The molecule has 0 atom stereocenters. The van der Waals surface area contributed by atoms with Crippen LogP contribution in [0.25, 0.3) is 5.57 Å². The maximum atomic E-state index is 13.2. The molecule has 7 rings (SSSR count). The van der Waals surface area contributed by atoms with E-state index >= 15 is 0 Å². The molecule has 35 heavy (non-hydrogen) atoms. The third-order valence-electron chi connectivity index (χ3n) is 8.91. The molecule has 2 amide bonds. The van der Waals surface area contributed by atoms with Gasteiger partial charge in [-0.2, -0.15) is 0 Å². The van der Waals surface area contributed by atoms with E-state index in [4.69, 9.17) is 0 Å². The van der Waals surface area contributed by atoms with Crippen LogP contribution in [0.1, 0.15) is 66.4 Å². The average Bonchev–Trinajstić information content (AvgIpc) is 2.87. The van der Waals surface area contributed by atoms with Gasteiger partial charge in [0.25, 0.3) is 5.91 Å². The van der Waals surface area contributed by atoms with Gasteiger partial charge in [0, 0.05) is 30.6 Å². The summed E-state index contributed by atoms with van der Waals surface area (Å²) in [5.74, 6) is 2.84. The van der Waals surface area contributed by atoms with Crippen molar-refractivity contribution in [1.82, 2.24) is 10.2 Å². The summed E-state index contributed by atoms with van der Waals surface area (Å²) in [6.45, 7) is 1.78. The first-order valence-electron chi connectivity index (χ1n) is 13.1. The molecule has 0 aromatic heterocycles. The smallest absolute Gasteiger partial charge is 0.254 e. The fourth-order valence-corrected chi connectivity index (χ4v) is 7.50. The third kappa shape index (κ3) is 4.37. The zero-order valence-corrected chi connectivity index (χ0v) is 20.2. The van der Waals surface area contributed by atoms with Gasteiger partial charge in [-0.25, -0.2) is 0 Å². The largest absolute Gasteiger partial charge is 0.508 e. The molecule has 2 aromatic carbocycles. The maximum absolute atomic E-state index is 13.2. The number of phenolic OH excluding ortho intramolecular Hbond substituents is 1. The van der Waals surface area contributed by atoms with Gasteiger partial charge in [-0.15, -0.1) is 0 Å². The molecule has 0 spiro atoms. The lowest BCUT2D eigenvalue weighted by Gasteiger charge is -2.55. The molecule has 5 aliphatic rings. The molecule has 1 heterocycles. The van der Waals surface area contributed by atoms with Gasteiger partial charge in [0.2, 0.25) is 5.91 Å². The summed E-state index contributed by atoms with van der Waals surface area (Å²) in [7, 11) is 0. The number of nitrogens with one attached hydrogen (secondary N) is 1. The normalized spacial score (nSPS) is 29.1. The third-order valence-corrected chi connectivity index (χ3v) is 8.91. The fraction of sp³-hybridized carbons (Fsp3) is 0.467. The first kappa shape index (κ1) is 22.4. The Hall–Kier alpha value is -3.08. The van der Waals surface area contributed by atoms with Crippen LogP contribution in [-0.4, -0.2) is 34.9 Å². The Balaban J connectivity index is 1.04. The second-order valence-electron chi connectivity index (χ2n) is 11.4. The lowest BCUT2D eigenvalue weighted by molar-refractivity contribution is -0.146. The molecule has 2 N–H and O–H groups in total. The predicted octanol–water partition coefficient (Wildman–Crippen LogP) is 5.15. The Labute approximate surface area is 207 Å². The highest BCUT2D eigenvalue weighted by atomic mass is 16.3. The number of amides is 2. The minimum absolute atomic E-state index is 0.0372. The highest BCUT2D eigenvalue weighted by Crippen LogP contribution is 2.60. The van der Waals surface area contributed by atoms with Gasteiger partial charge >= 0.3 is 0 Å². The summed E-state index contributed by atoms with van der Waals surface area (Å²) in [4.78, 5) is 28.1. The van der Waals surface area contributed by atoms with Crippen LogP contribution in [0, 0.1) is 23.2 Å². The molecule has 182 valence electrons. The van der Waals surface area contributed by atoms with Crippen molar-refractivity contribution in [3.8, 4) is 5.75 Å². The minimum Gasteiger partial charge on any atom is -0.508 e. The Morgan fingerprint density at radius 3 is 2.11 bits per heavy atom. The Kier molecular flexibility index (Phi) is 5.66. The van der Waals surface area contributed by atoms with Crippen LogP contribution < -0.4 is 5.32 Å². The number of benzene rings is 2. The number of nitrogens with zero attached hydrogens (tertiary/aromatic N) is 1. The topological polar surface area (TPSA) is 69.6 Å². The van der Waals surface area contributed by atoms with E-state index in [1.807, 2.05) is 41.3 Å². The SMILES string of the molecule is O=C(c1ccc(CNC(=O)C23CC4CC(CC(C4)C2)C3)cc1)N1CC=C(c2ccc(O)cc2)CC1. The molecular weight excluding hydrogens is 436 g/mol. The zero-order chi connectivity index (χ0) is 24.0. The summed E-state index contributed by atoms with van der Waals surface area (Å²) in [6, 6.07) is 14.9. The van der Waals surface area contributed by atoms with Crippen LogP contribution in [0.15, 0.2) is 54.6 Å². The quantitative estimate of drug-likeness (QED) is 0.635. The van der Waals surface area contributed by atoms with Gasteiger partial charge < -0.3 is 15.3 Å². The van der Waals surface area contributed by atoms with E-state index in [1.54, 1.807) is 12.1 Å². The molecule has 2 aromatic rings. The number of aromatic hydroxyl groups is 1. The van der Waals surface area contributed by atoms with Gasteiger partial charge in [-0.3, -0.25) is 9.59 Å². The summed E-state index contributed by atoms with van der Waals surface area (Å²) in [5, 5.41) is 12.7. The van der Waals surface area contributed by atoms with Crippen molar-refractivity contribution in [3.63, 3.8) is 0 Å². The van der Waals surface area contributed by atoms with Gasteiger partial charge in [-0.05, 0) is 104 Å². The molecule has 4 saturated carbocycles. The van der Waals surface area contributed by atoms with Gasteiger partial charge in [-0.1, -0.05) is 30.3 Å². The molecule has 5 nitrogen and oxygen atoms in total. The van der Waals surface area contributed by atoms with Crippen molar-refractivity contribution in [3.05, 3.63) is 71.3 Å². The van der Waals surface area contributed by atoms with E-state index < -0.39 is 0 Å². The molecular formula is C30H34N2O3. The van der Waals surface area contributed by atoms with Crippen LogP contribution in [0.5, 0.6) is 5.75 Å². The monoisotopic (exact) mass is 470 g/mol. The Morgan fingerprint density at radius 1 is 0.914 bits per heavy atom. The van der Waals surface area contributed by atoms with E-state index in [0.717, 1.165) is 54.6 Å². The van der Waals surface area contributed by atoms with Crippen LogP contribution in [0.2, 0.25) is 0 Å². The lowest BCUT2D eigenvalue weighted by atomic mass is 9.49. The number of rotatable bonds is 5. The van der Waals surface area contributed by atoms with E-state index in [2.05, 4.69) is 11.4 Å². The van der Waals surface area contributed by atoms with E-state index in [0.29, 0.717) is 25.2 Å². The van der Waals surface area contributed by atoms with Gasteiger partial charge in [0.05, 0.1) is 0 Å². The van der Waals surface area contributed by atoms with Crippen LogP contribution >= 0.6 is 0 Å². The maximum Gasteiger partial charge on any atom is 0.254 e. The Bertz CT molecular complexity index is 1110. The summed E-state index contributed by atoms with van der Waals surface area (Å²) in [6.07, 6.45) is 10.2. The molecule has 1 aliphatic heterocycles. The molecule has 4 bridgehead atoms. The number of carbonyl (C=O) groups excluding carboxylic acids is 2. The number of phenols is 1. The van der Waals surface area contributed by atoms with Crippen molar-refractivity contribution in [2.24, 2.45) is 23.2 Å². The van der Waals surface area contributed by atoms with Gasteiger partial charge in [0.15, 0.2) is 0 Å². The lowest BCUT2D eigenvalue weighted by Crippen LogP contribution is -2.53. The van der Waals surface area contributed by atoms with E-state index in [-0.39, 0.29) is 23.0 Å². The van der Waals surface area contributed by atoms with Crippen LogP contribution in [0.3, 0.4) is 0 Å². The van der Waals surface area contributed by atoms with Crippen LogP contribution in [-0.2, 0) is 11.3 Å². The van der Waals surface area contributed by atoms with Crippen molar-refractivity contribution in [2.75, 3.05) is 13.1 Å². The number of hydrogen-bond acceptors (Lipinski definition) is 3. The van der Waals surface area contributed by atoms with Crippen LogP contribution in [0.4, 0.5) is 0 Å². The standard InChI is InChI=1S/C30H34N2O3/c33-27-7-5-24(6-8-27)25-9-11-32(12-10-25)28(34)26-3-1-20(2-4-26)19-31-29(35)30-16-21-13-22(17-30)15-23(14-21)18-30/h1-9,21-23,33H,10-19H2,(H,31,35). The highest BCUT2D eigenvalue weighted by molar-refractivity contribution is 5.95. The summed E-state index contributed by atoms with van der Waals surface area (Å²) >= 11 is 0. The highest BCUT2D eigenvalue weighted by Gasteiger charge is 2.54. The van der Waals surface area contributed by atoms with E-state index in [9.17, 15) is 14.7 Å². The Morgan fingerprint density at radius 2 is 1.54 bits per heavy atom. The minimum atomic E-state index is -0.120. The first-order valence-corrected chi connectivity index (χ1v) is 13.1. The van der Waals surface area contributed by atoms with Gasteiger partial charge in [0.1, 0.15) is 5.75 Å². The molecule has 0 unspecified atom stereocenters. The molecule has 0 radical (unpaired) electrons. The molecule has 4 fully saturated rings. The number of carbonyl (C=O) groups is 2. The van der Waals surface area contributed by atoms with Crippen molar-refractivity contribution in [1.29, 1.82) is 0 Å². The second-order valence-corrected chi connectivity index (χ2v) is 11.4. The first-order chi connectivity index (χ1) is 17.0. The zero-order valence-electron chi connectivity index (χ0n) is 20.2. The molecule has 4 aliphatic carbocycles.